The van der Waals surface area contributed by atoms with Crippen LogP contribution in [0.5, 0.6) is 0 Å². The van der Waals surface area contributed by atoms with Crippen LogP contribution in [-0.4, -0.2) is 30.9 Å². The Balaban J connectivity index is 3.17. The third-order valence-corrected chi connectivity index (χ3v) is 3.11. The number of rotatable bonds is 1. The number of hydrogen-bond acceptors (Lipinski definition) is 3. The lowest BCUT2D eigenvalue weighted by Gasteiger charge is -2.17. The number of hydrogen-bond donors (Lipinski definition) is 0. The molecule has 0 bridgehead atoms. The topological polar surface area (TPSA) is 62.1 Å². The zero-order valence-corrected chi connectivity index (χ0v) is 8.22. The molecule has 0 unspecified atom stereocenters. The minimum Gasteiger partial charge on any atom is -0.228 e. The van der Waals surface area contributed by atoms with Crippen LogP contribution in [0.2, 0.25) is 0 Å². The zero-order valence-electron chi connectivity index (χ0n) is 6.65. The summed E-state index contributed by atoms with van der Waals surface area (Å²) in [5, 5.41) is -0.0677. The minimum absolute atomic E-state index is 0.0677. The highest BCUT2D eigenvalue weighted by Crippen LogP contribution is 2.12. The Labute approximate surface area is 75.9 Å². The molecular formula is C5H8ClN3O2S. The van der Waals surface area contributed by atoms with Crippen LogP contribution < -0.4 is 0 Å². The Hall–Kier alpha value is -0.620. The van der Waals surface area contributed by atoms with E-state index in [9.17, 15) is 8.42 Å². The fraction of sp³-hybridized carbons (Fsp3) is 0.600. The smallest absolute Gasteiger partial charge is 0.228 e. The highest BCUT2D eigenvalue weighted by Gasteiger charge is 2.24. The predicted molar refractivity (Wildman–Crippen MR) is 47.7 cm³/mol. The van der Waals surface area contributed by atoms with Crippen LogP contribution in [0.1, 0.15) is 13.3 Å². The van der Waals surface area contributed by atoms with Crippen molar-refractivity contribution in [3.63, 3.8) is 0 Å². The zero-order chi connectivity index (χ0) is 9.35. The summed E-state index contributed by atoms with van der Waals surface area (Å²) in [5.41, 5.74) is 0. The standard InChI is InChI=1S/C5H8ClN3O2S/c1-3-4-7-5(6)9(2)12(10,11)8-4/h3H2,1-2H3. The first-order chi connectivity index (χ1) is 5.47. The Morgan fingerprint density at radius 2 is 2.17 bits per heavy atom. The third kappa shape index (κ3) is 1.59. The summed E-state index contributed by atoms with van der Waals surface area (Å²) < 4.78 is 26.5. The van der Waals surface area contributed by atoms with E-state index in [1.54, 1.807) is 6.92 Å². The van der Waals surface area contributed by atoms with Gasteiger partial charge in [0.05, 0.1) is 0 Å². The monoisotopic (exact) mass is 209 g/mol. The normalized spacial score (nSPS) is 21.8. The fourth-order valence-corrected chi connectivity index (χ4v) is 1.78. The summed E-state index contributed by atoms with van der Waals surface area (Å²) in [6, 6.07) is 0. The first-order valence-corrected chi connectivity index (χ1v) is 5.06. The van der Waals surface area contributed by atoms with E-state index in [-0.39, 0.29) is 11.1 Å². The molecule has 1 aliphatic rings. The van der Waals surface area contributed by atoms with Gasteiger partial charge >= 0.3 is 10.2 Å². The van der Waals surface area contributed by atoms with Crippen molar-refractivity contribution in [2.24, 2.45) is 9.39 Å². The summed E-state index contributed by atoms with van der Waals surface area (Å²) >= 11 is 5.54. The molecule has 0 aromatic rings. The maximum atomic E-state index is 11.1. The molecule has 7 heteroatoms. The number of halogens is 1. The van der Waals surface area contributed by atoms with Crippen LogP contribution in [-0.2, 0) is 10.2 Å². The molecule has 68 valence electrons. The van der Waals surface area contributed by atoms with Crippen LogP contribution >= 0.6 is 11.6 Å². The van der Waals surface area contributed by atoms with Gasteiger partial charge in [0.2, 0.25) is 5.29 Å². The van der Waals surface area contributed by atoms with Crippen LogP contribution in [0.4, 0.5) is 0 Å². The highest BCUT2D eigenvalue weighted by atomic mass is 35.5. The third-order valence-electron chi connectivity index (χ3n) is 1.36. The van der Waals surface area contributed by atoms with Crippen molar-refractivity contribution in [1.29, 1.82) is 0 Å². The van der Waals surface area contributed by atoms with Gasteiger partial charge in [-0.05, 0) is 11.6 Å². The number of amidine groups is 2. The Kier molecular flexibility index (Phi) is 2.39. The van der Waals surface area contributed by atoms with E-state index >= 15 is 0 Å². The van der Waals surface area contributed by atoms with Gasteiger partial charge in [-0.15, -0.1) is 4.40 Å². The lowest BCUT2D eigenvalue weighted by molar-refractivity contribution is 0.555. The second-order valence-electron chi connectivity index (χ2n) is 2.19. The van der Waals surface area contributed by atoms with Crippen molar-refractivity contribution in [2.75, 3.05) is 7.05 Å². The maximum Gasteiger partial charge on any atom is 0.348 e. The molecule has 5 nitrogen and oxygen atoms in total. The molecule has 0 aliphatic carbocycles. The van der Waals surface area contributed by atoms with E-state index in [1.165, 1.54) is 7.05 Å². The molecule has 0 N–H and O–H groups in total. The molecule has 1 aliphatic heterocycles. The highest BCUT2D eigenvalue weighted by molar-refractivity contribution is 7.88. The van der Waals surface area contributed by atoms with Gasteiger partial charge in [-0.2, -0.15) is 8.42 Å². The Morgan fingerprint density at radius 1 is 1.58 bits per heavy atom. The van der Waals surface area contributed by atoms with E-state index in [1.807, 2.05) is 0 Å². The molecule has 1 heterocycles. The van der Waals surface area contributed by atoms with Gasteiger partial charge in [0, 0.05) is 13.5 Å². The van der Waals surface area contributed by atoms with E-state index in [4.69, 9.17) is 11.6 Å². The SMILES string of the molecule is CCC1=NS(=O)(=O)N(C)C(Cl)=N1. The van der Waals surface area contributed by atoms with Gasteiger partial charge in [0.15, 0.2) is 0 Å². The molecule has 0 aromatic carbocycles. The van der Waals surface area contributed by atoms with Gasteiger partial charge in [0.25, 0.3) is 0 Å². The van der Waals surface area contributed by atoms with E-state index in [0.29, 0.717) is 6.42 Å². The average molecular weight is 210 g/mol. The lowest BCUT2D eigenvalue weighted by atomic mass is 10.5. The van der Waals surface area contributed by atoms with Crippen molar-refractivity contribution >= 4 is 32.9 Å². The van der Waals surface area contributed by atoms with E-state index < -0.39 is 10.2 Å². The maximum absolute atomic E-state index is 11.1. The average Bonchev–Trinajstić information content (AvgIpc) is 1.99. The van der Waals surface area contributed by atoms with Gasteiger partial charge in [-0.25, -0.2) is 9.30 Å². The molecule has 0 fully saturated rings. The first-order valence-electron chi connectivity index (χ1n) is 3.29. The Morgan fingerprint density at radius 3 is 2.58 bits per heavy atom. The van der Waals surface area contributed by atoms with Crippen LogP contribution in [0.15, 0.2) is 9.39 Å². The summed E-state index contributed by atoms with van der Waals surface area (Å²) in [4.78, 5) is 3.76. The van der Waals surface area contributed by atoms with Gasteiger partial charge < -0.3 is 0 Å². The summed E-state index contributed by atoms with van der Waals surface area (Å²) in [7, 11) is -2.31. The molecule has 0 aromatic heterocycles. The molecule has 0 spiro atoms. The van der Waals surface area contributed by atoms with Crippen molar-refractivity contribution in [3.8, 4) is 0 Å². The second-order valence-corrected chi connectivity index (χ2v) is 4.15. The molecule has 0 radical (unpaired) electrons. The van der Waals surface area contributed by atoms with Gasteiger partial charge in [0.1, 0.15) is 5.84 Å². The van der Waals surface area contributed by atoms with Gasteiger partial charge in [-0.1, -0.05) is 6.92 Å². The Bertz CT molecular complexity index is 346. The molecule has 12 heavy (non-hydrogen) atoms. The van der Waals surface area contributed by atoms with Crippen molar-refractivity contribution in [3.05, 3.63) is 0 Å². The number of nitrogens with zero attached hydrogens (tertiary/aromatic N) is 3. The molecule has 0 atom stereocenters. The van der Waals surface area contributed by atoms with Crippen LogP contribution in [0, 0.1) is 0 Å². The van der Waals surface area contributed by atoms with E-state index in [2.05, 4.69) is 9.39 Å². The van der Waals surface area contributed by atoms with Crippen LogP contribution in [0.25, 0.3) is 0 Å². The first kappa shape index (κ1) is 9.47. The number of aliphatic imine (C=N–C) groups is 1. The van der Waals surface area contributed by atoms with E-state index in [0.717, 1.165) is 4.31 Å². The fourth-order valence-electron chi connectivity index (χ4n) is 0.631. The molecule has 1 rings (SSSR count). The van der Waals surface area contributed by atoms with Crippen molar-refractivity contribution in [1.82, 2.24) is 4.31 Å². The van der Waals surface area contributed by atoms with Gasteiger partial charge in [-0.3, -0.25) is 0 Å². The summed E-state index contributed by atoms with van der Waals surface area (Å²) in [5.74, 6) is 0.234. The molecule has 0 amide bonds. The summed E-state index contributed by atoms with van der Waals surface area (Å²) in [6.45, 7) is 1.76. The molecule has 0 saturated heterocycles. The molecule has 0 saturated carbocycles. The second kappa shape index (κ2) is 3.02. The van der Waals surface area contributed by atoms with Crippen molar-refractivity contribution < 1.29 is 8.42 Å². The summed E-state index contributed by atoms with van der Waals surface area (Å²) in [6.07, 6.45) is 0.448. The van der Waals surface area contributed by atoms with Crippen molar-refractivity contribution in [2.45, 2.75) is 13.3 Å². The minimum atomic E-state index is -3.61. The molecular weight excluding hydrogens is 202 g/mol. The predicted octanol–water partition coefficient (Wildman–Crippen LogP) is 0.580. The lowest BCUT2D eigenvalue weighted by Crippen LogP contribution is -2.32. The van der Waals surface area contributed by atoms with Crippen LogP contribution in [0.3, 0.4) is 0 Å². The largest absolute Gasteiger partial charge is 0.348 e. The quantitative estimate of drug-likeness (QED) is 0.593.